The molecule has 10 rings (SSSR count). The summed E-state index contributed by atoms with van der Waals surface area (Å²) in [5, 5.41) is 6.60. The Balaban J connectivity index is 1.06. The van der Waals surface area contributed by atoms with Crippen molar-refractivity contribution in [2.45, 2.75) is 0 Å². The molecule has 0 unspecified atom stereocenters. The van der Waals surface area contributed by atoms with Crippen molar-refractivity contribution in [1.29, 1.82) is 0 Å². The Morgan fingerprint density at radius 3 is 1.36 bits per heavy atom. The third-order valence-electron chi connectivity index (χ3n) is 6.14. The van der Waals surface area contributed by atoms with E-state index in [1.54, 1.807) is 22.7 Å². The molecule has 0 fully saturated rings. The van der Waals surface area contributed by atoms with Gasteiger partial charge in [0.1, 0.15) is 10.0 Å². The van der Waals surface area contributed by atoms with E-state index >= 15 is 0 Å². The summed E-state index contributed by atoms with van der Waals surface area (Å²) in [6, 6.07) is 9.17. The van der Waals surface area contributed by atoms with Crippen LogP contribution in [0, 0.1) is 0 Å². The number of nitrogens with zero attached hydrogens (tertiary/aromatic N) is 2. The number of thiazole rings is 2. The van der Waals surface area contributed by atoms with E-state index in [1.165, 1.54) is 66.2 Å². The third-order valence-corrected chi connectivity index (χ3v) is 18.6. The van der Waals surface area contributed by atoms with Gasteiger partial charge in [-0.05, 0) is 35.0 Å². The van der Waals surface area contributed by atoms with Gasteiger partial charge in [0.15, 0.2) is 9.66 Å². The Morgan fingerprint density at radius 1 is 0.417 bits per heavy atom. The zero-order valence-corrected chi connectivity index (χ0v) is 25.6. The summed E-state index contributed by atoms with van der Waals surface area (Å²) in [4.78, 5) is 14.7. The topological polar surface area (TPSA) is 25.8 Å². The number of hydrogen-bond donors (Lipinski definition) is 0. The van der Waals surface area contributed by atoms with Crippen LogP contribution in [0.15, 0.2) is 35.0 Å². The quantitative estimate of drug-likeness (QED) is 0.187. The normalized spacial score (nSPS) is 13.0. The lowest BCUT2D eigenvalue weighted by atomic mass is 10.4. The van der Waals surface area contributed by atoms with Gasteiger partial charge in [0.25, 0.3) is 0 Å². The van der Waals surface area contributed by atoms with Crippen LogP contribution >= 0.6 is 113 Å². The summed E-state index contributed by atoms with van der Waals surface area (Å²) in [5.41, 5.74) is 0. The van der Waals surface area contributed by atoms with Crippen molar-refractivity contribution >= 4 is 179 Å². The molecule has 0 atom stereocenters. The Hall–Kier alpha value is -1.32. The van der Waals surface area contributed by atoms with Gasteiger partial charge in [-0.2, -0.15) is 0 Å². The van der Waals surface area contributed by atoms with Crippen molar-refractivity contribution in [3.8, 4) is 19.8 Å². The van der Waals surface area contributed by atoms with Gasteiger partial charge in [0, 0.05) is 18.8 Å². The van der Waals surface area contributed by atoms with E-state index in [-0.39, 0.29) is 0 Å². The average Bonchev–Trinajstić information content (AvgIpc) is 3.67. The maximum Gasteiger partial charge on any atom is 0.155 e. The van der Waals surface area contributed by atoms with Gasteiger partial charge < -0.3 is 0 Å². The highest BCUT2D eigenvalue weighted by Crippen LogP contribution is 2.53. The zero-order chi connectivity index (χ0) is 23.1. The molecule has 12 heteroatoms. The summed E-state index contributed by atoms with van der Waals surface area (Å²) in [5.74, 6) is 0. The van der Waals surface area contributed by atoms with Crippen molar-refractivity contribution in [2.75, 3.05) is 0 Å². The highest BCUT2D eigenvalue weighted by atomic mass is 32.1. The van der Waals surface area contributed by atoms with Crippen molar-refractivity contribution < 1.29 is 0 Å². The molecule has 0 amide bonds. The second-order valence-corrected chi connectivity index (χ2v) is 18.3. The molecule has 10 aromatic heterocycles. The molecule has 0 aliphatic heterocycles. The van der Waals surface area contributed by atoms with Gasteiger partial charge in [-0.25, -0.2) is 9.97 Å². The van der Waals surface area contributed by atoms with Crippen molar-refractivity contribution in [3.63, 3.8) is 0 Å². The number of fused-ring (bicyclic) bond motifs is 11. The van der Waals surface area contributed by atoms with Crippen LogP contribution in [0.3, 0.4) is 0 Å². The molecule has 0 aromatic carbocycles. The van der Waals surface area contributed by atoms with E-state index in [1.807, 2.05) is 90.7 Å². The van der Waals surface area contributed by atoms with Crippen molar-refractivity contribution in [2.24, 2.45) is 0 Å². The lowest BCUT2D eigenvalue weighted by Crippen LogP contribution is -1.67. The standard InChI is InChI=1S/C24H6N2S10/c1-3-27-13-7(1)29-19-15-9(31-17(13)19)5-11(33-15)21-25-23-24(35-21)26-22(36-23)12-6-10-16(34-12)20-18(32-10)14-8(30-20)2-4-28-14/h1-6H. The van der Waals surface area contributed by atoms with E-state index in [9.17, 15) is 0 Å². The molecule has 0 aliphatic carbocycles. The van der Waals surface area contributed by atoms with Crippen LogP contribution in [0.2, 0.25) is 0 Å². The van der Waals surface area contributed by atoms with E-state index in [2.05, 4.69) is 35.0 Å². The fraction of sp³-hybridized carbons (Fsp3) is 0. The van der Waals surface area contributed by atoms with Crippen LogP contribution in [-0.2, 0) is 0 Å². The Kier molecular flexibility index (Phi) is 4.12. The molecule has 36 heavy (non-hydrogen) atoms. The molecule has 0 bridgehead atoms. The summed E-state index contributed by atoms with van der Waals surface area (Å²) < 4.78 is 17.2. The Morgan fingerprint density at radius 2 is 0.861 bits per heavy atom. The predicted molar refractivity (Wildman–Crippen MR) is 174 cm³/mol. The SMILES string of the molecule is c1cc2sc3c4sc(-c5nc6sc(-c7cc8sc9c%10sccc%10sc9c8s7)nc6s5)cc4sc3c2s1. The monoisotopic (exact) mass is 642 g/mol. The van der Waals surface area contributed by atoms with Gasteiger partial charge >= 0.3 is 0 Å². The smallest absolute Gasteiger partial charge is 0.155 e. The summed E-state index contributed by atoms with van der Waals surface area (Å²) >= 11 is 18.7. The molecule has 0 saturated carbocycles. The zero-order valence-electron chi connectivity index (χ0n) is 17.4. The van der Waals surface area contributed by atoms with Crippen LogP contribution in [0.5, 0.6) is 0 Å². The molecule has 172 valence electrons. The minimum absolute atomic E-state index is 1.06. The molecule has 10 aromatic rings. The van der Waals surface area contributed by atoms with E-state index < -0.39 is 0 Å². The highest BCUT2D eigenvalue weighted by Gasteiger charge is 2.21. The Bertz CT molecular complexity index is 2250. The average molecular weight is 643 g/mol. The number of aromatic nitrogens is 2. The highest BCUT2D eigenvalue weighted by molar-refractivity contribution is 7.46. The molecule has 0 spiro atoms. The maximum atomic E-state index is 5.04. The second kappa shape index (κ2) is 7.20. The first-order valence-corrected chi connectivity index (χ1v) is 19.0. The third kappa shape index (κ3) is 2.68. The molecule has 0 aliphatic rings. The minimum atomic E-state index is 1.06. The molecule has 10 heterocycles. The molecule has 0 radical (unpaired) electrons. The van der Waals surface area contributed by atoms with Crippen molar-refractivity contribution in [3.05, 3.63) is 35.0 Å². The van der Waals surface area contributed by atoms with Gasteiger partial charge in [-0.3, -0.25) is 0 Å². The number of hydrogen-bond acceptors (Lipinski definition) is 12. The van der Waals surface area contributed by atoms with Crippen LogP contribution in [0.25, 0.3) is 85.8 Å². The van der Waals surface area contributed by atoms with Gasteiger partial charge in [-0.15, -0.1) is 90.7 Å². The number of rotatable bonds is 2. The van der Waals surface area contributed by atoms with Crippen molar-refractivity contribution in [1.82, 2.24) is 9.97 Å². The van der Waals surface area contributed by atoms with E-state index in [0.717, 1.165) is 19.7 Å². The van der Waals surface area contributed by atoms with E-state index in [4.69, 9.17) is 9.97 Å². The summed E-state index contributed by atoms with van der Waals surface area (Å²) in [7, 11) is 0. The maximum absolute atomic E-state index is 5.04. The number of thiophene rings is 8. The first kappa shape index (κ1) is 20.6. The largest absolute Gasteiger partial charge is 0.222 e. The van der Waals surface area contributed by atoms with E-state index in [0.29, 0.717) is 0 Å². The minimum Gasteiger partial charge on any atom is -0.222 e. The molecule has 0 N–H and O–H groups in total. The van der Waals surface area contributed by atoms with Crippen LogP contribution in [0.1, 0.15) is 0 Å². The summed E-state index contributed by atoms with van der Waals surface area (Å²) in [6.45, 7) is 0. The first-order valence-electron chi connectivity index (χ1n) is 10.7. The molecular weight excluding hydrogens is 637 g/mol. The van der Waals surface area contributed by atoms with Gasteiger partial charge in [-0.1, -0.05) is 22.7 Å². The van der Waals surface area contributed by atoms with Gasteiger partial charge in [0.2, 0.25) is 0 Å². The van der Waals surface area contributed by atoms with Crippen LogP contribution in [-0.4, -0.2) is 9.97 Å². The van der Waals surface area contributed by atoms with Gasteiger partial charge in [0.05, 0.1) is 47.4 Å². The molecular formula is C24H6N2S10. The lowest BCUT2D eigenvalue weighted by Gasteiger charge is -1.89. The molecule has 0 saturated heterocycles. The second-order valence-electron chi connectivity index (χ2n) is 8.21. The van der Waals surface area contributed by atoms with Crippen LogP contribution in [0.4, 0.5) is 0 Å². The first-order chi connectivity index (χ1) is 17.8. The fourth-order valence-corrected chi connectivity index (χ4v) is 17.5. The fourth-order valence-electron chi connectivity index (χ4n) is 4.59. The Labute approximate surface area is 241 Å². The summed E-state index contributed by atoms with van der Waals surface area (Å²) in [6.07, 6.45) is 0. The predicted octanol–water partition coefficient (Wildman–Crippen LogP) is 12.5. The molecule has 2 nitrogen and oxygen atoms in total. The lowest BCUT2D eigenvalue weighted by molar-refractivity contribution is 1.51. The van der Waals surface area contributed by atoms with Crippen LogP contribution < -0.4 is 0 Å².